The normalized spacial score (nSPS) is 12.8. The van der Waals surface area contributed by atoms with E-state index in [9.17, 15) is 14.4 Å². The fourth-order valence-electron chi connectivity index (χ4n) is 6.17. The first kappa shape index (κ1) is 55.6. The van der Waals surface area contributed by atoms with Crippen LogP contribution in [0, 0.1) is 0 Å². The van der Waals surface area contributed by atoms with Crippen molar-refractivity contribution in [2.75, 3.05) is 13.2 Å². The molecule has 0 saturated carbocycles. The Morgan fingerprint density at radius 2 is 0.695 bits per heavy atom. The highest BCUT2D eigenvalue weighted by Gasteiger charge is 2.19. The van der Waals surface area contributed by atoms with E-state index in [2.05, 4.69) is 106 Å². The quantitative estimate of drug-likeness (QED) is 0.0201. The minimum atomic E-state index is -0.815. The van der Waals surface area contributed by atoms with Gasteiger partial charge in [0.05, 0.1) is 0 Å². The molecule has 6 nitrogen and oxygen atoms in total. The van der Waals surface area contributed by atoms with E-state index in [4.69, 9.17) is 14.2 Å². The number of hydrogen-bond acceptors (Lipinski definition) is 6. The third kappa shape index (κ3) is 45.5. The third-order valence-electron chi connectivity index (χ3n) is 9.87. The molecule has 0 spiro atoms. The summed E-state index contributed by atoms with van der Waals surface area (Å²) in [5.41, 5.74) is 0. The lowest BCUT2D eigenvalue weighted by Crippen LogP contribution is -2.30. The van der Waals surface area contributed by atoms with E-state index in [0.29, 0.717) is 12.8 Å². The molecular formula is C53H88O6. The Labute approximate surface area is 363 Å². The van der Waals surface area contributed by atoms with Gasteiger partial charge in [0.25, 0.3) is 0 Å². The lowest BCUT2D eigenvalue weighted by molar-refractivity contribution is -0.167. The topological polar surface area (TPSA) is 78.9 Å². The first-order valence-corrected chi connectivity index (χ1v) is 24.1. The van der Waals surface area contributed by atoms with Crippen LogP contribution in [0.3, 0.4) is 0 Å². The van der Waals surface area contributed by atoms with Gasteiger partial charge >= 0.3 is 17.9 Å². The van der Waals surface area contributed by atoms with E-state index in [0.717, 1.165) is 89.9 Å². The van der Waals surface area contributed by atoms with Gasteiger partial charge in [0.2, 0.25) is 0 Å². The van der Waals surface area contributed by atoms with Crippen LogP contribution in [-0.2, 0) is 28.6 Å². The van der Waals surface area contributed by atoms with E-state index >= 15 is 0 Å². The van der Waals surface area contributed by atoms with Gasteiger partial charge in [-0.25, -0.2) is 0 Å². The summed E-state index contributed by atoms with van der Waals surface area (Å²) in [6.07, 6.45) is 60.0. The monoisotopic (exact) mass is 821 g/mol. The third-order valence-corrected chi connectivity index (χ3v) is 9.87. The summed E-state index contributed by atoms with van der Waals surface area (Å²) < 4.78 is 16.6. The molecule has 0 aromatic rings. The van der Waals surface area contributed by atoms with Crippen molar-refractivity contribution in [3.05, 3.63) is 85.1 Å². The molecule has 0 aromatic carbocycles. The molecule has 1 unspecified atom stereocenters. The molecule has 0 aliphatic carbocycles. The lowest BCUT2D eigenvalue weighted by atomic mass is 10.1. The van der Waals surface area contributed by atoms with Crippen LogP contribution in [0.1, 0.15) is 213 Å². The van der Waals surface area contributed by atoms with Gasteiger partial charge in [0.15, 0.2) is 6.10 Å². The maximum atomic E-state index is 12.7. The zero-order valence-electron chi connectivity index (χ0n) is 38.2. The minimum absolute atomic E-state index is 0.115. The van der Waals surface area contributed by atoms with Crippen LogP contribution in [0.4, 0.5) is 0 Å². The summed E-state index contributed by atoms with van der Waals surface area (Å²) in [5.74, 6) is -1.02. The number of allylic oxidation sites excluding steroid dienone is 14. The molecule has 0 bridgehead atoms. The second kappa shape index (κ2) is 47.3. The van der Waals surface area contributed by atoms with Gasteiger partial charge in [0, 0.05) is 19.3 Å². The van der Waals surface area contributed by atoms with Crippen molar-refractivity contribution in [2.45, 2.75) is 219 Å². The molecule has 0 fully saturated rings. The highest BCUT2D eigenvalue weighted by molar-refractivity contribution is 5.71. The highest BCUT2D eigenvalue weighted by atomic mass is 16.6. The van der Waals surface area contributed by atoms with E-state index in [1.165, 1.54) is 77.0 Å². The SMILES string of the molecule is CCCC/C=C\C=C/CCCCCC(=O)OCC(COC(=O)CCC/C=C\C/C=C\C/C=C\C/C=C\CCCCC)OC(=O)CCCCC/C=C\CCCCCCCC. The zero-order chi connectivity index (χ0) is 43.0. The van der Waals surface area contributed by atoms with Gasteiger partial charge in [-0.1, -0.05) is 176 Å². The number of carbonyl (C=O) groups excluding carboxylic acids is 3. The van der Waals surface area contributed by atoms with Gasteiger partial charge in [-0.15, -0.1) is 0 Å². The summed E-state index contributed by atoms with van der Waals surface area (Å²) in [7, 11) is 0. The van der Waals surface area contributed by atoms with Crippen molar-refractivity contribution < 1.29 is 28.6 Å². The molecular weight excluding hydrogens is 733 g/mol. The number of carbonyl (C=O) groups is 3. The molecule has 0 radical (unpaired) electrons. The molecule has 0 N–H and O–H groups in total. The predicted molar refractivity (Wildman–Crippen MR) is 251 cm³/mol. The van der Waals surface area contributed by atoms with E-state index in [-0.39, 0.29) is 44.0 Å². The van der Waals surface area contributed by atoms with Gasteiger partial charge < -0.3 is 14.2 Å². The average Bonchev–Trinajstić information content (AvgIpc) is 3.23. The second-order valence-corrected chi connectivity index (χ2v) is 15.7. The van der Waals surface area contributed by atoms with Gasteiger partial charge in [-0.3, -0.25) is 14.4 Å². The molecule has 0 aliphatic heterocycles. The largest absolute Gasteiger partial charge is 0.462 e. The molecule has 0 rings (SSSR count). The molecule has 0 amide bonds. The lowest BCUT2D eigenvalue weighted by Gasteiger charge is -2.18. The summed E-state index contributed by atoms with van der Waals surface area (Å²) in [6, 6.07) is 0. The van der Waals surface area contributed by atoms with E-state index in [1.807, 2.05) is 0 Å². The van der Waals surface area contributed by atoms with Crippen molar-refractivity contribution in [1.29, 1.82) is 0 Å². The van der Waals surface area contributed by atoms with Crippen LogP contribution in [0.25, 0.3) is 0 Å². The fraction of sp³-hybridized carbons (Fsp3) is 0.679. The highest BCUT2D eigenvalue weighted by Crippen LogP contribution is 2.11. The first-order chi connectivity index (χ1) is 29.0. The first-order valence-electron chi connectivity index (χ1n) is 24.1. The molecule has 0 heterocycles. The molecule has 59 heavy (non-hydrogen) atoms. The van der Waals surface area contributed by atoms with Crippen LogP contribution < -0.4 is 0 Å². The molecule has 0 aromatic heterocycles. The minimum Gasteiger partial charge on any atom is -0.462 e. The number of unbranched alkanes of at least 4 members (excludes halogenated alkanes) is 18. The van der Waals surface area contributed by atoms with Crippen LogP contribution in [0.5, 0.6) is 0 Å². The molecule has 0 aliphatic rings. The van der Waals surface area contributed by atoms with Crippen LogP contribution in [0.15, 0.2) is 85.1 Å². The van der Waals surface area contributed by atoms with E-state index < -0.39 is 6.10 Å². The van der Waals surface area contributed by atoms with Crippen LogP contribution in [0.2, 0.25) is 0 Å². The number of hydrogen-bond donors (Lipinski definition) is 0. The Bertz CT molecular complexity index is 1170. The van der Waals surface area contributed by atoms with Crippen molar-refractivity contribution in [3.8, 4) is 0 Å². The maximum Gasteiger partial charge on any atom is 0.306 e. The Kier molecular flexibility index (Phi) is 44.5. The number of rotatable bonds is 42. The van der Waals surface area contributed by atoms with Crippen molar-refractivity contribution in [3.63, 3.8) is 0 Å². The fourth-order valence-corrected chi connectivity index (χ4v) is 6.17. The Morgan fingerprint density at radius 3 is 1.22 bits per heavy atom. The van der Waals surface area contributed by atoms with Gasteiger partial charge in [-0.2, -0.15) is 0 Å². The molecule has 1 atom stereocenters. The number of ether oxygens (including phenoxy) is 3. The Morgan fingerprint density at radius 1 is 0.356 bits per heavy atom. The van der Waals surface area contributed by atoms with Crippen molar-refractivity contribution >= 4 is 17.9 Å². The van der Waals surface area contributed by atoms with Crippen molar-refractivity contribution in [1.82, 2.24) is 0 Å². The van der Waals surface area contributed by atoms with E-state index in [1.54, 1.807) is 0 Å². The van der Waals surface area contributed by atoms with Gasteiger partial charge in [0.1, 0.15) is 13.2 Å². The summed E-state index contributed by atoms with van der Waals surface area (Å²) in [4.78, 5) is 37.8. The second-order valence-electron chi connectivity index (χ2n) is 15.7. The summed E-state index contributed by atoms with van der Waals surface area (Å²) >= 11 is 0. The molecule has 0 saturated heterocycles. The molecule has 6 heteroatoms. The van der Waals surface area contributed by atoms with Crippen LogP contribution in [-0.4, -0.2) is 37.2 Å². The van der Waals surface area contributed by atoms with Gasteiger partial charge in [-0.05, 0) is 103 Å². The Hall–Kier alpha value is -3.41. The predicted octanol–water partition coefficient (Wildman–Crippen LogP) is 15.6. The smallest absolute Gasteiger partial charge is 0.306 e. The maximum absolute atomic E-state index is 12.7. The number of esters is 3. The van der Waals surface area contributed by atoms with Crippen molar-refractivity contribution in [2.24, 2.45) is 0 Å². The average molecular weight is 821 g/mol. The summed E-state index contributed by atoms with van der Waals surface area (Å²) in [5, 5.41) is 0. The zero-order valence-corrected chi connectivity index (χ0v) is 38.2. The summed E-state index contributed by atoms with van der Waals surface area (Å²) in [6.45, 7) is 6.44. The van der Waals surface area contributed by atoms with Crippen LogP contribution >= 0.6 is 0 Å². The molecule has 336 valence electrons. The Balaban J connectivity index is 4.52. The standard InChI is InChI=1S/C53H88O6/c1-4-7-10-13-16-19-22-24-25-26-27-29-31-34-37-40-43-46-52(55)58-49-50(48-57-51(54)45-42-39-36-33-30-21-18-15-12-9-6-3)59-53(56)47-44-41-38-35-32-28-23-20-17-14-11-8-5-2/h15-16,18-19,21,24-25,27-30,32,34,37,50H,4-14,17,20,22-23,26,31,33,35-36,38-49H2,1-3H3/b18-15-,19-16-,25-24-,29-27-,30-21-,32-28-,37-34-.